The molecule has 1 atom stereocenters. The molecule has 0 saturated heterocycles. The van der Waals surface area contributed by atoms with Crippen LogP contribution >= 0.6 is 0 Å². The van der Waals surface area contributed by atoms with E-state index < -0.39 is 24.2 Å². The van der Waals surface area contributed by atoms with Crippen LogP contribution in [0.15, 0.2) is 0 Å². The van der Waals surface area contributed by atoms with Crippen molar-refractivity contribution in [1.29, 1.82) is 0 Å². The topological polar surface area (TPSA) is 86.6 Å². The van der Waals surface area contributed by atoms with E-state index in [0.29, 0.717) is 0 Å². The maximum Gasteiger partial charge on any atom is 0.490 e. The van der Waals surface area contributed by atoms with Gasteiger partial charge in [0.1, 0.15) is 6.04 Å². The van der Waals surface area contributed by atoms with Gasteiger partial charge < -0.3 is 15.5 Å². The first-order valence-corrected chi connectivity index (χ1v) is 4.24. The minimum Gasteiger partial charge on any atom is -0.480 e. The zero-order valence-corrected chi connectivity index (χ0v) is 9.00. The standard InChI is InChI=1S/C6H13NO2.C2HF3O2/c1-4(2)5(7-3)6(8)9;3-2(4,5)1(6)7/h4-5,7H,1-3H3,(H,8,9);(H,6,7)/t5-;/m0./s1. The number of likely N-dealkylation sites (N-methyl/N-ethyl adjacent to an activating group) is 1. The summed E-state index contributed by atoms with van der Waals surface area (Å²) in [5.74, 6) is -3.40. The molecule has 96 valence electrons. The summed E-state index contributed by atoms with van der Waals surface area (Å²) in [5.41, 5.74) is 0. The fourth-order valence-corrected chi connectivity index (χ4v) is 0.742. The van der Waals surface area contributed by atoms with Crippen molar-refractivity contribution in [1.82, 2.24) is 5.32 Å². The van der Waals surface area contributed by atoms with E-state index in [1.165, 1.54) is 0 Å². The zero-order chi connectivity index (χ0) is 13.5. The van der Waals surface area contributed by atoms with Crippen molar-refractivity contribution < 1.29 is 33.0 Å². The lowest BCUT2D eigenvalue weighted by Crippen LogP contribution is -2.38. The largest absolute Gasteiger partial charge is 0.490 e. The van der Waals surface area contributed by atoms with E-state index >= 15 is 0 Å². The normalized spacial score (nSPS) is 12.7. The number of hydrogen-bond donors (Lipinski definition) is 3. The molecule has 5 nitrogen and oxygen atoms in total. The lowest BCUT2D eigenvalue weighted by molar-refractivity contribution is -0.192. The molecule has 0 radical (unpaired) electrons. The number of aliphatic carboxylic acids is 2. The molecule has 0 heterocycles. The van der Waals surface area contributed by atoms with Gasteiger partial charge in [-0.15, -0.1) is 0 Å². The molecule has 0 aliphatic rings. The van der Waals surface area contributed by atoms with Crippen LogP contribution in [0.1, 0.15) is 13.8 Å². The van der Waals surface area contributed by atoms with Crippen LogP contribution in [-0.2, 0) is 9.59 Å². The Hall–Kier alpha value is -1.31. The predicted molar refractivity (Wildman–Crippen MR) is 49.0 cm³/mol. The van der Waals surface area contributed by atoms with Crippen LogP contribution in [0, 0.1) is 5.92 Å². The molecule has 0 fully saturated rings. The van der Waals surface area contributed by atoms with Crippen LogP contribution in [0.4, 0.5) is 13.2 Å². The average Bonchev–Trinajstić information content (AvgIpc) is 2.02. The molecule has 16 heavy (non-hydrogen) atoms. The summed E-state index contributed by atoms with van der Waals surface area (Å²) in [6.45, 7) is 3.74. The van der Waals surface area contributed by atoms with Crippen LogP contribution in [0.2, 0.25) is 0 Å². The van der Waals surface area contributed by atoms with Crippen molar-refractivity contribution in [3.8, 4) is 0 Å². The van der Waals surface area contributed by atoms with Gasteiger partial charge in [-0.05, 0) is 13.0 Å². The van der Waals surface area contributed by atoms with Gasteiger partial charge in [0.25, 0.3) is 0 Å². The SMILES string of the molecule is CN[C@H](C(=O)O)C(C)C.O=C(O)C(F)(F)F. The second-order valence-corrected chi connectivity index (χ2v) is 3.15. The van der Waals surface area contributed by atoms with E-state index in [1.54, 1.807) is 7.05 Å². The first-order chi connectivity index (χ1) is 7.03. The van der Waals surface area contributed by atoms with Gasteiger partial charge >= 0.3 is 18.1 Å². The molecule has 0 bridgehead atoms. The van der Waals surface area contributed by atoms with Crippen molar-refractivity contribution in [3.63, 3.8) is 0 Å². The number of carbonyl (C=O) groups is 2. The highest BCUT2D eigenvalue weighted by Gasteiger charge is 2.38. The lowest BCUT2D eigenvalue weighted by Gasteiger charge is -2.13. The van der Waals surface area contributed by atoms with E-state index in [1.807, 2.05) is 13.8 Å². The van der Waals surface area contributed by atoms with Gasteiger partial charge in [0.2, 0.25) is 0 Å². The second-order valence-electron chi connectivity index (χ2n) is 3.15. The van der Waals surface area contributed by atoms with Crippen LogP contribution in [0.5, 0.6) is 0 Å². The minimum absolute atomic E-state index is 0.146. The number of alkyl halides is 3. The Morgan fingerprint density at radius 1 is 1.19 bits per heavy atom. The summed E-state index contributed by atoms with van der Waals surface area (Å²) in [6, 6.07) is -0.412. The molecular formula is C8H14F3NO4. The number of carboxylic acid groups (broad SMARTS) is 2. The third kappa shape index (κ3) is 8.04. The van der Waals surface area contributed by atoms with E-state index in [4.69, 9.17) is 15.0 Å². The first kappa shape index (κ1) is 17.1. The molecule has 0 aliphatic heterocycles. The van der Waals surface area contributed by atoms with Crippen LogP contribution in [0.3, 0.4) is 0 Å². The Kier molecular flexibility index (Phi) is 7.53. The van der Waals surface area contributed by atoms with Crippen molar-refractivity contribution in [3.05, 3.63) is 0 Å². The summed E-state index contributed by atoms with van der Waals surface area (Å²) < 4.78 is 31.7. The maximum absolute atomic E-state index is 10.6. The molecule has 0 rings (SSSR count). The average molecular weight is 245 g/mol. The van der Waals surface area contributed by atoms with Crippen molar-refractivity contribution in [2.24, 2.45) is 5.92 Å². The van der Waals surface area contributed by atoms with E-state index in [-0.39, 0.29) is 5.92 Å². The fraction of sp³-hybridized carbons (Fsp3) is 0.750. The van der Waals surface area contributed by atoms with Crippen molar-refractivity contribution in [2.45, 2.75) is 26.1 Å². The van der Waals surface area contributed by atoms with Gasteiger partial charge in [-0.1, -0.05) is 13.8 Å². The summed E-state index contributed by atoms with van der Waals surface area (Å²) in [4.78, 5) is 19.2. The molecule has 0 saturated carbocycles. The van der Waals surface area contributed by atoms with Crippen LogP contribution in [0.25, 0.3) is 0 Å². The van der Waals surface area contributed by atoms with Gasteiger partial charge in [0.05, 0.1) is 0 Å². The molecule has 0 unspecified atom stereocenters. The summed E-state index contributed by atoms with van der Waals surface area (Å²) in [5, 5.41) is 18.3. The molecule has 8 heteroatoms. The Bertz CT molecular complexity index is 240. The van der Waals surface area contributed by atoms with E-state index in [0.717, 1.165) is 0 Å². The highest BCUT2D eigenvalue weighted by Crippen LogP contribution is 2.13. The maximum atomic E-state index is 10.6. The predicted octanol–water partition coefficient (Wildman–Crippen LogP) is 0.948. The lowest BCUT2D eigenvalue weighted by atomic mass is 10.1. The number of hydrogen-bond acceptors (Lipinski definition) is 3. The molecule has 0 amide bonds. The summed E-state index contributed by atoms with van der Waals surface area (Å²) >= 11 is 0. The number of halogens is 3. The molecule has 0 aliphatic carbocycles. The Labute approximate surface area is 90.3 Å². The van der Waals surface area contributed by atoms with Gasteiger partial charge in [-0.2, -0.15) is 13.2 Å². The fourth-order valence-electron chi connectivity index (χ4n) is 0.742. The quantitative estimate of drug-likeness (QED) is 0.689. The zero-order valence-electron chi connectivity index (χ0n) is 9.00. The molecule has 3 N–H and O–H groups in total. The molecule has 0 aromatic rings. The Morgan fingerprint density at radius 3 is 1.50 bits per heavy atom. The summed E-state index contributed by atoms with van der Waals surface area (Å²) in [7, 11) is 1.65. The second kappa shape index (κ2) is 7.04. The Balaban J connectivity index is 0. The van der Waals surface area contributed by atoms with Crippen molar-refractivity contribution >= 4 is 11.9 Å². The third-order valence-electron chi connectivity index (χ3n) is 1.49. The molecule has 0 aromatic carbocycles. The first-order valence-electron chi connectivity index (χ1n) is 4.24. The highest BCUT2D eigenvalue weighted by molar-refractivity contribution is 5.73. The van der Waals surface area contributed by atoms with Gasteiger partial charge in [-0.3, -0.25) is 4.79 Å². The Morgan fingerprint density at radius 2 is 1.50 bits per heavy atom. The smallest absolute Gasteiger partial charge is 0.480 e. The molecular weight excluding hydrogens is 231 g/mol. The highest BCUT2D eigenvalue weighted by atomic mass is 19.4. The van der Waals surface area contributed by atoms with Gasteiger partial charge in [-0.25, -0.2) is 4.79 Å². The third-order valence-corrected chi connectivity index (χ3v) is 1.49. The number of rotatable bonds is 3. The van der Waals surface area contributed by atoms with E-state index in [9.17, 15) is 18.0 Å². The van der Waals surface area contributed by atoms with Crippen LogP contribution in [-0.4, -0.2) is 41.4 Å². The van der Waals surface area contributed by atoms with E-state index in [2.05, 4.69) is 5.32 Å². The van der Waals surface area contributed by atoms with Gasteiger partial charge in [0.15, 0.2) is 0 Å². The van der Waals surface area contributed by atoms with Gasteiger partial charge in [0, 0.05) is 0 Å². The summed E-state index contributed by atoms with van der Waals surface area (Å²) in [6.07, 6.45) is -5.08. The minimum atomic E-state index is -5.08. The molecule has 0 aromatic heterocycles. The number of nitrogens with one attached hydrogen (secondary N) is 1. The van der Waals surface area contributed by atoms with Crippen molar-refractivity contribution in [2.75, 3.05) is 7.05 Å². The monoisotopic (exact) mass is 245 g/mol. The number of carboxylic acids is 2. The van der Waals surface area contributed by atoms with Crippen LogP contribution < -0.4 is 5.32 Å². The molecule has 0 spiro atoms.